The van der Waals surface area contributed by atoms with Crippen LogP contribution in [0.1, 0.15) is 22.7 Å². The van der Waals surface area contributed by atoms with E-state index in [0.29, 0.717) is 0 Å². The van der Waals surface area contributed by atoms with E-state index < -0.39 is 0 Å². The molecule has 0 aliphatic rings. The van der Waals surface area contributed by atoms with Crippen LogP contribution in [0.25, 0.3) is 0 Å². The molecule has 3 nitrogen and oxygen atoms in total. The Balaban J connectivity index is 2.37. The number of hydrogen-bond donors (Lipinski definition) is 1. The molecule has 2 aromatic rings. The highest BCUT2D eigenvalue weighted by molar-refractivity contribution is 5.33. The molecule has 0 spiro atoms. The van der Waals surface area contributed by atoms with Gasteiger partial charge in [0.1, 0.15) is 0 Å². The van der Waals surface area contributed by atoms with Gasteiger partial charge in [-0.25, -0.2) is 0 Å². The van der Waals surface area contributed by atoms with Crippen molar-refractivity contribution < 1.29 is 0 Å². The van der Waals surface area contributed by atoms with Gasteiger partial charge in [0, 0.05) is 24.8 Å². The molecule has 0 radical (unpaired) electrons. The monoisotopic (exact) mass is 199 g/mol. The normalized spacial score (nSPS) is 12.4. The third kappa shape index (κ3) is 2.02. The van der Waals surface area contributed by atoms with Gasteiger partial charge in [-0.1, -0.05) is 0 Å². The first kappa shape index (κ1) is 9.80. The van der Waals surface area contributed by atoms with Crippen molar-refractivity contribution in [2.45, 2.75) is 13.0 Å². The van der Waals surface area contributed by atoms with E-state index in [-0.39, 0.29) is 6.04 Å². The van der Waals surface area contributed by atoms with Crippen molar-refractivity contribution in [2.24, 2.45) is 5.73 Å². The average molecular weight is 199 g/mol. The van der Waals surface area contributed by atoms with Gasteiger partial charge in [0.25, 0.3) is 0 Å². The summed E-state index contributed by atoms with van der Waals surface area (Å²) < 4.78 is 0. The molecular weight excluding hydrogens is 186 g/mol. The van der Waals surface area contributed by atoms with Crippen LogP contribution in [0.4, 0.5) is 0 Å². The Labute approximate surface area is 89.0 Å². The SMILES string of the molecule is Cc1ccncc1C(N)c1ccncc1. The maximum Gasteiger partial charge on any atom is 0.0570 e. The van der Waals surface area contributed by atoms with E-state index in [2.05, 4.69) is 9.97 Å². The number of rotatable bonds is 2. The molecule has 2 heterocycles. The minimum absolute atomic E-state index is 0.123. The van der Waals surface area contributed by atoms with Crippen LogP contribution in [-0.4, -0.2) is 9.97 Å². The molecule has 0 aliphatic heterocycles. The molecule has 76 valence electrons. The summed E-state index contributed by atoms with van der Waals surface area (Å²) in [6.45, 7) is 2.04. The van der Waals surface area contributed by atoms with Gasteiger partial charge in [0.2, 0.25) is 0 Å². The summed E-state index contributed by atoms with van der Waals surface area (Å²) in [6, 6.07) is 5.70. The third-order valence-corrected chi connectivity index (χ3v) is 2.48. The first-order chi connectivity index (χ1) is 7.29. The van der Waals surface area contributed by atoms with Crippen LogP contribution in [0.2, 0.25) is 0 Å². The van der Waals surface area contributed by atoms with Crippen molar-refractivity contribution in [1.82, 2.24) is 9.97 Å². The second-order valence-electron chi connectivity index (χ2n) is 3.49. The molecule has 0 saturated heterocycles. The first-order valence-electron chi connectivity index (χ1n) is 4.85. The largest absolute Gasteiger partial charge is 0.320 e. The molecule has 0 aliphatic carbocycles. The Hall–Kier alpha value is -1.74. The molecule has 2 rings (SSSR count). The van der Waals surface area contributed by atoms with Gasteiger partial charge in [0.15, 0.2) is 0 Å². The highest BCUT2D eigenvalue weighted by Gasteiger charge is 2.10. The lowest BCUT2D eigenvalue weighted by Gasteiger charge is -2.13. The molecule has 0 fully saturated rings. The second-order valence-corrected chi connectivity index (χ2v) is 3.49. The van der Waals surface area contributed by atoms with Gasteiger partial charge in [0.05, 0.1) is 6.04 Å². The Kier molecular flexibility index (Phi) is 2.74. The number of hydrogen-bond acceptors (Lipinski definition) is 3. The Morgan fingerprint density at radius 1 is 1.07 bits per heavy atom. The fourth-order valence-electron chi connectivity index (χ4n) is 1.55. The summed E-state index contributed by atoms with van der Waals surface area (Å²) in [4.78, 5) is 8.07. The van der Waals surface area contributed by atoms with Crippen molar-refractivity contribution in [1.29, 1.82) is 0 Å². The van der Waals surface area contributed by atoms with Gasteiger partial charge < -0.3 is 5.73 Å². The lowest BCUT2D eigenvalue weighted by Crippen LogP contribution is -2.13. The Morgan fingerprint density at radius 3 is 2.40 bits per heavy atom. The summed E-state index contributed by atoms with van der Waals surface area (Å²) in [5, 5.41) is 0. The van der Waals surface area contributed by atoms with Gasteiger partial charge >= 0.3 is 0 Å². The molecule has 1 unspecified atom stereocenters. The fraction of sp³-hybridized carbons (Fsp3) is 0.167. The van der Waals surface area contributed by atoms with E-state index >= 15 is 0 Å². The summed E-state index contributed by atoms with van der Waals surface area (Å²) >= 11 is 0. The zero-order chi connectivity index (χ0) is 10.7. The van der Waals surface area contributed by atoms with Gasteiger partial charge in [-0.15, -0.1) is 0 Å². The van der Waals surface area contributed by atoms with E-state index in [9.17, 15) is 0 Å². The predicted octanol–water partition coefficient (Wildman–Crippen LogP) is 1.83. The zero-order valence-electron chi connectivity index (χ0n) is 8.59. The molecule has 0 aromatic carbocycles. The van der Waals surface area contributed by atoms with E-state index in [1.54, 1.807) is 18.6 Å². The molecule has 0 bridgehead atoms. The zero-order valence-corrected chi connectivity index (χ0v) is 8.59. The molecular formula is C12H13N3. The minimum atomic E-state index is -0.123. The molecule has 0 saturated carbocycles. The quantitative estimate of drug-likeness (QED) is 0.802. The number of nitrogens with zero attached hydrogens (tertiary/aromatic N) is 2. The van der Waals surface area contributed by atoms with Gasteiger partial charge in [-0.3, -0.25) is 9.97 Å². The summed E-state index contributed by atoms with van der Waals surface area (Å²) in [7, 11) is 0. The highest BCUT2D eigenvalue weighted by atomic mass is 14.7. The van der Waals surface area contributed by atoms with E-state index in [4.69, 9.17) is 5.73 Å². The first-order valence-corrected chi connectivity index (χ1v) is 4.85. The molecule has 0 amide bonds. The van der Waals surface area contributed by atoms with E-state index in [1.165, 1.54) is 0 Å². The standard InChI is InChI=1S/C12H13N3/c1-9-2-5-15-8-11(9)12(13)10-3-6-14-7-4-10/h2-8,12H,13H2,1H3. The van der Waals surface area contributed by atoms with Crippen LogP contribution in [-0.2, 0) is 0 Å². The van der Waals surface area contributed by atoms with Crippen molar-refractivity contribution in [3.05, 3.63) is 59.7 Å². The fourth-order valence-corrected chi connectivity index (χ4v) is 1.55. The smallest absolute Gasteiger partial charge is 0.0570 e. The predicted molar refractivity (Wildman–Crippen MR) is 59.2 cm³/mol. The second kappa shape index (κ2) is 4.19. The third-order valence-electron chi connectivity index (χ3n) is 2.48. The maximum atomic E-state index is 6.15. The average Bonchev–Trinajstić information content (AvgIpc) is 2.30. The summed E-state index contributed by atoms with van der Waals surface area (Å²) in [6.07, 6.45) is 7.10. The van der Waals surface area contributed by atoms with Crippen LogP contribution in [0, 0.1) is 6.92 Å². The van der Waals surface area contributed by atoms with E-state index in [1.807, 2.05) is 31.3 Å². The molecule has 2 aromatic heterocycles. The minimum Gasteiger partial charge on any atom is -0.320 e. The number of nitrogens with two attached hydrogens (primary N) is 1. The van der Waals surface area contributed by atoms with E-state index in [0.717, 1.165) is 16.7 Å². The molecule has 3 heteroatoms. The van der Waals surface area contributed by atoms with Gasteiger partial charge in [-0.05, 0) is 41.8 Å². The van der Waals surface area contributed by atoms with Crippen LogP contribution in [0.15, 0.2) is 43.0 Å². The molecule has 1 atom stereocenters. The van der Waals surface area contributed by atoms with Crippen molar-refractivity contribution in [3.63, 3.8) is 0 Å². The van der Waals surface area contributed by atoms with Crippen molar-refractivity contribution >= 4 is 0 Å². The van der Waals surface area contributed by atoms with Crippen LogP contribution >= 0.6 is 0 Å². The molecule has 15 heavy (non-hydrogen) atoms. The Morgan fingerprint density at radius 2 is 1.73 bits per heavy atom. The number of aryl methyl sites for hydroxylation is 1. The van der Waals surface area contributed by atoms with Crippen molar-refractivity contribution in [3.8, 4) is 0 Å². The highest BCUT2D eigenvalue weighted by Crippen LogP contribution is 2.20. The maximum absolute atomic E-state index is 6.15. The topological polar surface area (TPSA) is 51.8 Å². The van der Waals surface area contributed by atoms with Gasteiger partial charge in [-0.2, -0.15) is 0 Å². The lowest BCUT2D eigenvalue weighted by molar-refractivity contribution is 0.849. The number of pyridine rings is 2. The van der Waals surface area contributed by atoms with Crippen molar-refractivity contribution in [2.75, 3.05) is 0 Å². The lowest BCUT2D eigenvalue weighted by atomic mass is 9.99. The number of aromatic nitrogens is 2. The molecule has 2 N–H and O–H groups in total. The van der Waals surface area contributed by atoms with Crippen LogP contribution in [0.3, 0.4) is 0 Å². The Bertz CT molecular complexity index is 440. The summed E-state index contributed by atoms with van der Waals surface area (Å²) in [5.41, 5.74) is 9.43. The van der Waals surface area contributed by atoms with Crippen LogP contribution < -0.4 is 5.73 Å². The van der Waals surface area contributed by atoms with Crippen LogP contribution in [0.5, 0.6) is 0 Å². The summed E-state index contributed by atoms with van der Waals surface area (Å²) in [5.74, 6) is 0.